The summed E-state index contributed by atoms with van der Waals surface area (Å²) in [5.41, 5.74) is 1.12. The second kappa shape index (κ2) is 7.09. The van der Waals surface area contributed by atoms with Gasteiger partial charge in [-0.2, -0.15) is 0 Å². The van der Waals surface area contributed by atoms with Crippen LogP contribution in [0.3, 0.4) is 0 Å². The first-order chi connectivity index (χ1) is 11.2. The molecule has 23 heavy (non-hydrogen) atoms. The SMILES string of the molecule is COc1ccc([C@H]2CCCCCN2C(=O)c2ccc(Cl)o2)cc1. The van der Waals surface area contributed by atoms with E-state index in [0.29, 0.717) is 5.76 Å². The average Bonchev–Trinajstić information content (AvgIpc) is 2.87. The van der Waals surface area contributed by atoms with Gasteiger partial charge in [0.15, 0.2) is 11.0 Å². The quantitative estimate of drug-likeness (QED) is 0.817. The van der Waals surface area contributed by atoms with Crippen molar-refractivity contribution in [2.24, 2.45) is 0 Å². The number of amides is 1. The molecule has 0 bridgehead atoms. The Balaban J connectivity index is 1.88. The highest BCUT2D eigenvalue weighted by Crippen LogP contribution is 2.32. The van der Waals surface area contributed by atoms with E-state index >= 15 is 0 Å². The van der Waals surface area contributed by atoms with E-state index in [1.54, 1.807) is 19.2 Å². The van der Waals surface area contributed by atoms with Crippen molar-refractivity contribution in [2.75, 3.05) is 13.7 Å². The Morgan fingerprint density at radius 1 is 1.17 bits per heavy atom. The summed E-state index contributed by atoms with van der Waals surface area (Å²) in [6.45, 7) is 0.730. The van der Waals surface area contributed by atoms with E-state index in [9.17, 15) is 4.79 Å². The Labute approximate surface area is 141 Å². The fraction of sp³-hybridized carbons (Fsp3) is 0.389. The molecule has 5 heteroatoms. The first kappa shape index (κ1) is 15.9. The van der Waals surface area contributed by atoms with Gasteiger partial charge in [-0.25, -0.2) is 0 Å². The van der Waals surface area contributed by atoms with E-state index in [1.807, 2.05) is 29.2 Å². The number of halogens is 1. The zero-order valence-corrected chi connectivity index (χ0v) is 13.9. The normalized spacial score (nSPS) is 18.5. The first-order valence-electron chi connectivity index (χ1n) is 7.89. The number of hydrogen-bond acceptors (Lipinski definition) is 3. The third-order valence-corrected chi connectivity index (χ3v) is 4.50. The largest absolute Gasteiger partial charge is 0.497 e. The van der Waals surface area contributed by atoms with Crippen LogP contribution in [0.5, 0.6) is 5.75 Å². The number of benzene rings is 1. The zero-order chi connectivity index (χ0) is 16.2. The predicted molar refractivity (Wildman–Crippen MR) is 89.0 cm³/mol. The first-order valence-corrected chi connectivity index (χ1v) is 8.27. The molecular weight excluding hydrogens is 314 g/mol. The summed E-state index contributed by atoms with van der Waals surface area (Å²) in [6.07, 6.45) is 4.20. The number of carbonyl (C=O) groups excluding carboxylic acids is 1. The maximum Gasteiger partial charge on any atom is 0.290 e. The van der Waals surface area contributed by atoms with Gasteiger partial charge in [-0.3, -0.25) is 4.79 Å². The van der Waals surface area contributed by atoms with Crippen molar-refractivity contribution in [3.05, 3.63) is 52.9 Å². The summed E-state index contributed by atoms with van der Waals surface area (Å²) >= 11 is 5.81. The maximum atomic E-state index is 12.8. The lowest BCUT2D eigenvalue weighted by molar-refractivity contribution is 0.0648. The Kier molecular flexibility index (Phi) is 4.91. The predicted octanol–water partition coefficient (Wildman–Crippen LogP) is 4.70. The Bertz CT molecular complexity index is 665. The van der Waals surface area contributed by atoms with Crippen LogP contribution in [-0.4, -0.2) is 24.5 Å². The highest BCUT2D eigenvalue weighted by molar-refractivity contribution is 6.29. The molecule has 1 aromatic heterocycles. The van der Waals surface area contributed by atoms with Gasteiger partial charge in [-0.15, -0.1) is 0 Å². The smallest absolute Gasteiger partial charge is 0.290 e. The number of hydrogen-bond donors (Lipinski definition) is 0. The molecule has 1 aliphatic heterocycles. The average molecular weight is 334 g/mol. The van der Waals surface area contributed by atoms with E-state index in [0.717, 1.165) is 43.5 Å². The molecule has 0 spiro atoms. The topological polar surface area (TPSA) is 42.7 Å². The summed E-state index contributed by atoms with van der Waals surface area (Å²) in [4.78, 5) is 14.7. The molecule has 3 rings (SSSR count). The molecule has 1 saturated heterocycles. The lowest BCUT2D eigenvalue weighted by Gasteiger charge is -2.30. The monoisotopic (exact) mass is 333 g/mol. The third-order valence-electron chi connectivity index (χ3n) is 4.30. The fourth-order valence-corrected chi connectivity index (χ4v) is 3.24. The third kappa shape index (κ3) is 3.53. The number of rotatable bonds is 3. The van der Waals surface area contributed by atoms with Crippen molar-refractivity contribution in [1.29, 1.82) is 0 Å². The Morgan fingerprint density at radius 2 is 1.96 bits per heavy atom. The molecule has 1 atom stereocenters. The van der Waals surface area contributed by atoms with Gasteiger partial charge in [-0.05, 0) is 54.3 Å². The summed E-state index contributed by atoms with van der Waals surface area (Å²) in [5, 5.41) is 0.240. The molecule has 1 aromatic carbocycles. The zero-order valence-electron chi connectivity index (χ0n) is 13.1. The maximum absolute atomic E-state index is 12.8. The minimum Gasteiger partial charge on any atom is -0.497 e. The summed E-state index contributed by atoms with van der Waals surface area (Å²) in [5.74, 6) is 1.02. The van der Waals surface area contributed by atoms with Crippen molar-refractivity contribution in [3.63, 3.8) is 0 Å². The van der Waals surface area contributed by atoms with Gasteiger partial charge in [-0.1, -0.05) is 25.0 Å². The van der Waals surface area contributed by atoms with Gasteiger partial charge >= 0.3 is 0 Å². The molecule has 0 unspecified atom stereocenters. The fourth-order valence-electron chi connectivity index (χ4n) is 3.09. The molecule has 122 valence electrons. The number of methoxy groups -OCH3 is 1. The minimum atomic E-state index is -0.0976. The number of ether oxygens (including phenoxy) is 1. The van der Waals surface area contributed by atoms with Crippen LogP contribution in [0.1, 0.15) is 47.8 Å². The second-order valence-electron chi connectivity index (χ2n) is 5.74. The Morgan fingerprint density at radius 3 is 2.61 bits per heavy atom. The summed E-state index contributed by atoms with van der Waals surface area (Å²) in [6, 6.07) is 11.2. The van der Waals surface area contributed by atoms with Gasteiger partial charge in [0.2, 0.25) is 0 Å². The van der Waals surface area contributed by atoms with Gasteiger partial charge in [0.25, 0.3) is 5.91 Å². The van der Waals surface area contributed by atoms with E-state index in [2.05, 4.69) is 0 Å². The van der Waals surface area contributed by atoms with Crippen LogP contribution in [0.2, 0.25) is 5.22 Å². The van der Waals surface area contributed by atoms with E-state index in [4.69, 9.17) is 20.8 Å². The molecule has 2 heterocycles. The van der Waals surface area contributed by atoms with Crippen molar-refractivity contribution in [3.8, 4) is 5.75 Å². The van der Waals surface area contributed by atoms with Gasteiger partial charge in [0, 0.05) is 6.54 Å². The van der Waals surface area contributed by atoms with Gasteiger partial charge in [0.05, 0.1) is 13.2 Å². The molecule has 0 radical (unpaired) electrons. The second-order valence-corrected chi connectivity index (χ2v) is 6.11. The molecule has 1 aliphatic rings. The highest BCUT2D eigenvalue weighted by Gasteiger charge is 2.29. The van der Waals surface area contributed by atoms with Gasteiger partial charge in [0.1, 0.15) is 5.75 Å². The van der Waals surface area contributed by atoms with Crippen LogP contribution in [0, 0.1) is 0 Å². The Hall–Kier alpha value is -1.94. The molecule has 1 amide bonds. The van der Waals surface area contributed by atoms with Crippen molar-refractivity contribution < 1.29 is 13.9 Å². The molecule has 1 fully saturated rings. The minimum absolute atomic E-state index is 0.0554. The van der Waals surface area contributed by atoms with Crippen molar-refractivity contribution in [1.82, 2.24) is 4.90 Å². The van der Waals surface area contributed by atoms with Crippen LogP contribution in [0.25, 0.3) is 0 Å². The van der Waals surface area contributed by atoms with Crippen molar-refractivity contribution in [2.45, 2.75) is 31.7 Å². The molecule has 0 N–H and O–H groups in total. The van der Waals surface area contributed by atoms with E-state index in [-0.39, 0.29) is 17.2 Å². The van der Waals surface area contributed by atoms with Crippen LogP contribution in [0.4, 0.5) is 0 Å². The van der Waals surface area contributed by atoms with Crippen molar-refractivity contribution >= 4 is 17.5 Å². The number of furan rings is 1. The van der Waals surface area contributed by atoms with Gasteiger partial charge < -0.3 is 14.1 Å². The lowest BCUT2D eigenvalue weighted by Crippen LogP contribution is -2.34. The van der Waals surface area contributed by atoms with Crippen LogP contribution in [0.15, 0.2) is 40.8 Å². The highest BCUT2D eigenvalue weighted by atomic mass is 35.5. The van der Waals surface area contributed by atoms with Crippen LogP contribution < -0.4 is 4.74 Å². The lowest BCUT2D eigenvalue weighted by atomic mass is 10.0. The molecule has 0 aliphatic carbocycles. The van der Waals surface area contributed by atoms with Crippen LogP contribution in [-0.2, 0) is 0 Å². The molecular formula is C18H20ClNO3. The molecule has 0 saturated carbocycles. The molecule has 4 nitrogen and oxygen atoms in total. The number of carbonyl (C=O) groups is 1. The summed E-state index contributed by atoms with van der Waals surface area (Å²) < 4.78 is 10.5. The summed E-state index contributed by atoms with van der Waals surface area (Å²) in [7, 11) is 1.65. The molecule has 2 aromatic rings. The number of likely N-dealkylation sites (tertiary alicyclic amines) is 1. The number of nitrogens with zero attached hydrogens (tertiary/aromatic N) is 1. The van der Waals surface area contributed by atoms with E-state index in [1.165, 1.54) is 0 Å². The standard InChI is InChI=1S/C18H20ClNO3/c1-22-14-8-6-13(7-9-14)15-5-3-2-4-12-20(15)18(21)16-10-11-17(19)23-16/h6-11,15H,2-5,12H2,1H3/t15-/m1/s1. The van der Waals surface area contributed by atoms with E-state index < -0.39 is 0 Å². The van der Waals surface area contributed by atoms with Crippen LogP contribution >= 0.6 is 11.6 Å².